The summed E-state index contributed by atoms with van der Waals surface area (Å²) in [6, 6.07) is 4.10. The maximum atomic E-state index is 12.6. The highest BCUT2D eigenvalue weighted by Gasteiger charge is 2.61. The van der Waals surface area contributed by atoms with Gasteiger partial charge in [-0.25, -0.2) is 12.7 Å². The molecule has 3 fully saturated rings. The van der Waals surface area contributed by atoms with Crippen LogP contribution in [0.2, 0.25) is 0 Å². The fraction of sp³-hybridized carbons (Fsp3) is 0.733. The molecule has 0 unspecified atom stereocenters. The summed E-state index contributed by atoms with van der Waals surface area (Å²) in [5.41, 5.74) is -0.366. The quantitative estimate of drug-likeness (QED) is 0.760. The molecule has 0 amide bonds. The van der Waals surface area contributed by atoms with Gasteiger partial charge >= 0.3 is 0 Å². The molecule has 22 heavy (non-hydrogen) atoms. The zero-order valence-electron chi connectivity index (χ0n) is 12.8. The molecule has 0 atom stereocenters. The Morgan fingerprint density at radius 2 is 2.18 bits per heavy atom. The van der Waals surface area contributed by atoms with Gasteiger partial charge in [-0.05, 0) is 31.2 Å². The summed E-state index contributed by atoms with van der Waals surface area (Å²) in [6.07, 6.45) is 1.77. The third-order valence-electron chi connectivity index (χ3n) is 4.88. The summed E-state index contributed by atoms with van der Waals surface area (Å²) in [5, 5.41) is 11.8. The number of fused-ring (bicyclic) bond motifs is 2. The Balaban J connectivity index is 1.79. The largest absolute Gasteiger partial charge is 0.396 e. The molecule has 1 N–H and O–H groups in total. The van der Waals surface area contributed by atoms with E-state index in [0.717, 1.165) is 12.8 Å². The van der Waals surface area contributed by atoms with Crippen molar-refractivity contribution in [1.82, 2.24) is 4.31 Å². The van der Waals surface area contributed by atoms with Crippen LogP contribution in [0.15, 0.2) is 17.5 Å². The Morgan fingerprint density at radius 3 is 2.77 bits per heavy atom. The van der Waals surface area contributed by atoms with Gasteiger partial charge < -0.3 is 9.84 Å². The molecule has 0 aromatic carbocycles. The van der Waals surface area contributed by atoms with Crippen LogP contribution in [-0.2, 0) is 20.2 Å². The molecule has 3 aliphatic rings. The van der Waals surface area contributed by atoms with Gasteiger partial charge in [-0.1, -0.05) is 6.07 Å². The molecule has 124 valence electrons. The molecule has 0 radical (unpaired) electrons. The van der Waals surface area contributed by atoms with Crippen LogP contribution in [0, 0.1) is 5.41 Å². The fourth-order valence-corrected chi connectivity index (χ4v) is 6.42. The third kappa shape index (κ3) is 2.73. The molecule has 7 heteroatoms. The van der Waals surface area contributed by atoms with E-state index in [1.807, 2.05) is 18.4 Å². The van der Waals surface area contributed by atoms with Crippen molar-refractivity contribution in [2.24, 2.45) is 5.41 Å². The summed E-state index contributed by atoms with van der Waals surface area (Å²) in [5.74, 6) is 0.0167. The number of hydrogen-bond acceptors (Lipinski definition) is 5. The van der Waals surface area contributed by atoms with E-state index in [2.05, 4.69) is 6.07 Å². The zero-order valence-corrected chi connectivity index (χ0v) is 14.5. The summed E-state index contributed by atoms with van der Waals surface area (Å²) < 4.78 is 31.9. The Morgan fingerprint density at radius 1 is 1.41 bits per heavy atom. The van der Waals surface area contributed by atoms with E-state index in [0.29, 0.717) is 19.7 Å². The van der Waals surface area contributed by atoms with Crippen molar-refractivity contribution in [3.8, 4) is 0 Å². The van der Waals surface area contributed by atoms with Gasteiger partial charge in [0, 0.05) is 35.4 Å². The van der Waals surface area contributed by atoms with Crippen LogP contribution in [0.4, 0.5) is 0 Å². The number of rotatable bonds is 7. The average molecular weight is 345 g/mol. The predicted octanol–water partition coefficient (Wildman–Crippen LogP) is 1.44. The van der Waals surface area contributed by atoms with Crippen molar-refractivity contribution in [2.75, 3.05) is 38.7 Å². The Kier molecular flexibility index (Phi) is 4.37. The smallest absolute Gasteiger partial charge is 0.216 e. The van der Waals surface area contributed by atoms with Crippen LogP contribution in [0.25, 0.3) is 0 Å². The van der Waals surface area contributed by atoms with E-state index in [4.69, 9.17) is 4.74 Å². The van der Waals surface area contributed by atoms with E-state index in [-0.39, 0.29) is 29.8 Å². The van der Waals surface area contributed by atoms with Crippen molar-refractivity contribution in [3.63, 3.8) is 0 Å². The van der Waals surface area contributed by atoms with Gasteiger partial charge in [0.25, 0.3) is 0 Å². The highest BCUT2D eigenvalue weighted by Crippen LogP contribution is 2.60. The average Bonchev–Trinajstić information content (AvgIpc) is 3.01. The third-order valence-corrected chi connectivity index (χ3v) is 7.72. The predicted molar refractivity (Wildman–Crippen MR) is 86.6 cm³/mol. The molecule has 2 bridgehead atoms. The topological polar surface area (TPSA) is 66.8 Å². The minimum atomic E-state index is -3.33. The molecular formula is C15H23NO4S2. The second-order valence-electron chi connectivity index (χ2n) is 6.55. The number of sulfonamides is 1. The van der Waals surface area contributed by atoms with E-state index < -0.39 is 10.0 Å². The van der Waals surface area contributed by atoms with E-state index in [1.165, 1.54) is 4.88 Å². The van der Waals surface area contributed by atoms with Crippen molar-refractivity contribution >= 4 is 21.4 Å². The van der Waals surface area contributed by atoms with Gasteiger partial charge in [-0.2, -0.15) is 0 Å². The van der Waals surface area contributed by atoms with Crippen LogP contribution in [0.5, 0.6) is 0 Å². The molecular weight excluding hydrogens is 322 g/mol. The molecule has 1 saturated carbocycles. The van der Waals surface area contributed by atoms with Crippen molar-refractivity contribution < 1.29 is 18.3 Å². The van der Waals surface area contributed by atoms with Gasteiger partial charge in [0.05, 0.1) is 19.0 Å². The van der Waals surface area contributed by atoms with E-state index in [1.54, 1.807) is 15.6 Å². The number of thiophene rings is 1. The standard InChI is InChI=1S/C15H23NO4S2/c1-2-20-5-7-22(18,19)16-10-14(12-17)8-15(9-14,11-16)13-4-3-6-21-13/h3-4,6,17H,2,5,7-12H2,1H3. The summed E-state index contributed by atoms with van der Waals surface area (Å²) in [4.78, 5) is 1.24. The molecule has 1 aromatic heterocycles. The number of hydrogen-bond donors (Lipinski definition) is 1. The minimum absolute atomic E-state index is 0.0167. The highest BCUT2D eigenvalue weighted by atomic mass is 32.2. The molecule has 5 nitrogen and oxygen atoms in total. The second-order valence-corrected chi connectivity index (χ2v) is 9.59. The van der Waals surface area contributed by atoms with Gasteiger partial charge in [0.2, 0.25) is 10.0 Å². The first-order valence-corrected chi connectivity index (χ1v) is 10.1. The number of aliphatic hydroxyl groups excluding tert-OH is 1. The number of ether oxygens (including phenoxy) is 1. The summed E-state index contributed by atoms with van der Waals surface area (Å²) >= 11 is 1.68. The van der Waals surface area contributed by atoms with Crippen molar-refractivity contribution in [1.29, 1.82) is 0 Å². The van der Waals surface area contributed by atoms with Gasteiger partial charge in [0.15, 0.2) is 0 Å². The van der Waals surface area contributed by atoms with Gasteiger partial charge in [-0.15, -0.1) is 11.3 Å². The fourth-order valence-electron chi connectivity index (χ4n) is 4.00. The monoisotopic (exact) mass is 345 g/mol. The van der Waals surface area contributed by atoms with Crippen LogP contribution < -0.4 is 0 Å². The van der Waals surface area contributed by atoms with E-state index >= 15 is 0 Å². The molecule has 3 heterocycles. The maximum absolute atomic E-state index is 12.6. The Labute approximate surface area is 136 Å². The molecule has 0 spiro atoms. The molecule has 4 rings (SSSR count). The lowest BCUT2D eigenvalue weighted by molar-refractivity contribution is -0.0869. The summed E-state index contributed by atoms with van der Waals surface area (Å²) in [6.45, 7) is 3.63. The number of piperidine rings is 2. The lowest BCUT2D eigenvalue weighted by Crippen LogP contribution is -2.67. The zero-order chi connectivity index (χ0) is 15.8. The van der Waals surface area contributed by atoms with Crippen molar-refractivity contribution in [2.45, 2.75) is 25.2 Å². The number of nitrogens with zero attached hydrogens (tertiary/aromatic N) is 1. The Hall–Kier alpha value is -0.470. The van der Waals surface area contributed by atoms with Crippen molar-refractivity contribution in [3.05, 3.63) is 22.4 Å². The van der Waals surface area contributed by atoms with Gasteiger partial charge in [-0.3, -0.25) is 0 Å². The molecule has 1 aliphatic carbocycles. The van der Waals surface area contributed by atoms with Crippen LogP contribution >= 0.6 is 11.3 Å². The normalized spacial score (nSPS) is 31.9. The van der Waals surface area contributed by atoms with Crippen LogP contribution in [0.1, 0.15) is 24.6 Å². The SMILES string of the molecule is CCOCCS(=O)(=O)N1CC2(CO)CC(c3cccs3)(C1)C2. The van der Waals surface area contributed by atoms with Crippen LogP contribution in [0.3, 0.4) is 0 Å². The molecule has 2 aliphatic heterocycles. The first-order chi connectivity index (χ1) is 10.5. The van der Waals surface area contributed by atoms with Crippen LogP contribution in [-0.4, -0.2) is 56.5 Å². The van der Waals surface area contributed by atoms with E-state index in [9.17, 15) is 13.5 Å². The first-order valence-electron chi connectivity index (χ1n) is 7.66. The lowest BCUT2D eigenvalue weighted by atomic mass is 9.50. The van der Waals surface area contributed by atoms with Gasteiger partial charge in [0.1, 0.15) is 0 Å². The minimum Gasteiger partial charge on any atom is -0.396 e. The second kappa shape index (κ2) is 5.87. The maximum Gasteiger partial charge on any atom is 0.216 e. The lowest BCUT2D eigenvalue weighted by Gasteiger charge is -2.62. The number of aliphatic hydroxyl groups is 1. The highest BCUT2D eigenvalue weighted by molar-refractivity contribution is 7.89. The Bertz CT molecular complexity index is 605. The summed E-state index contributed by atoms with van der Waals surface area (Å²) in [7, 11) is -3.33. The molecule has 1 aromatic rings. The first kappa shape index (κ1) is 16.4. The molecule has 2 saturated heterocycles.